The number of imidazole rings is 1. The molecule has 1 saturated heterocycles. The molecule has 5 nitrogen and oxygen atoms in total. The number of fused-ring (bicyclic) bond motifs is 1. The molecule has 2 aromatic heterocycles. The van der Waals surface area contributed by atoms with Crippen molar-refractivity contribution in [1.29, 1.82) is 0 Å². The molecule has 3 heterocycles. The second kappa shape index (κ2) is 4.43. The first-order valence-electron chi connectivity index (χ1n) is 6.12. The van der Waals surface area contributed by atoms with Crippen molar-refractivity contribution in [3.05, 3.63) is 23.8 Å². The smallest absolute Gasteiger partial charge is 0.110 e. The van der Waals surface area contributed by atoms with Crippen LogP contribution in [0.1, 0.15) is 30.1 Å². The highest BCUT2D eigenvalue weighted by Crippen LogP contribution is 2.27. The highest BCUT2D eigenvalue weighted by molar-refractivity contribution is 5.77. The minimum absolute atomic E-state index is 0.459. The fraction of sp³-hybridized carbons (Fsp3) is 0.500. The molecule has 5 heteroatoms. The van der Waals surface area contributed by atoms with Crippen molar-refractivity contribution in [3.8, 4) is 0 Å². The molecule has 0 spiro atoms. The van der Waals surface area contributed by atoms with Gasteiger partial charge in [-0.15, -0.1) is 0 Å². The van der Waals surface area contributed by atoms with E-state index in [0.29, 0.717) is 12.5 Å². The Bertz CT molecular complexity index is 513. The van der Waals surface area contributed by atoms with Gasteiger partial charge >= 0.3 is 0 Å². The van der Waals surface area contributed by atoms with E-state index in [0.717, 1.165) is 35.5 Å². The fourth-order valence-corrected chi connectivity index (χ4v) is 2.50. The summed E-state index contributed by atoms with van der Waals surface area (Å²) in [6.45, 7) is 2.57. The number of H-pyrrole nitrogens is 1. The average molecular weight is 231 g/mol. The largest absolute Gasteiger partial charge is 0.344 e. The van der Waals surface area contributed by atoms with Crippen molar-refractivity contribution in [3.63, 3.8) is 0 Å². The van der Waals surface area contributed by atoms with Gasteiger partial charge in [0.1, 0.15) is 5.52 Å². The first-order valence-corrected chi connectivity index (χ1v) is 6.12. The number of piperidine rings is 1. The van der Waals surface area contributed by atoms with Crippen LogP contribution in [-0.2, 0) is 6.54 Å². The van der Waals surface area contributed by atoms with Gasteiger partial charge in [-0.1, -0.05) is 0 Å². The van der Waals surface area contributed by atoms with E-state index in [1.54, 1.807) is 6.33 Å². The average Bonchev–Trinajstić information content (AvgIpc) is 2.86. The standard InChI is InChI=1S/C12H17N5/c13-5-9-4-10-12(16-7-15-10)11(17-9)8-2-1-3-14-6-8/h4,7-8,14H,1-3,5-6,13H2,(H,15,16). The number of aromatic amines is 1. The van der Waals surface area contributed by atoms with Gasteiger partial charge in [-0.2, -0.15) is 0 Å². The maximum Gasteiger partial charge on any atom is 0.110 e. The lowest BCUT2D eigenvalue weighted by Crippen LogP contribution is -2.29. The summed E-state index contributed by atoms with van der Waals surface area (Å²) in [5, 5.41) is 3.42. The Labute approximate surface area is 99.8 Å². The van der Waals surface area contributed by atoms with E-state index in [4.69, 9.17) is 5.73 Å². The second-order valence-electron chi connectivity index (χ2n) is 4.54. The number of nitrogens with zero attached hydrogens (tertiary/aromatic N) is 2. The highest BCUT2D eigenvalue weighted by Gasteiger charge is 2.20. The number of nitrogens with two attached hydrogens (primary N) is 1. The molecule has 1 unspecified atom stereocenters. The fourth-order valence-electron chi connectivity index (χ4n) is 2.50. The Balaban J connectivity index is 2.08. The van der Waals surface area contributed by atoms with Crippen LogP contribution in [0.25, 0.3) is 11.0 Å². The first-order chi connectivity index (χ1) is 8.38. The first kappa shape index (κ1) is 10.7. The van der Waals surface area contributed by atoms with Gasteiger partial charge in [0.25, 0.3) is 0 Å². The van der Waals surface area contributed by atoms with Crippen LogP contribution in [0.3, 0.4) is 0 Å². The van der Waals surface area contributed by atoms with Gasteiger partial charge in [-0.3, -0.25) is 4.98 Å². The van der Waals surface area contributed by atoms with Crippen LogP contribution < -0.4 is 11.1 Å². The Morgan fingerprint density at radius 2 is 2.41 bits per heavy atom. The molecule has 90 valence electrons. The van der Waals surface area contributed by atoms with Crippen molar-refractivity contribution in [2.45, 2.75) is 25.3 Å². The summed E-state index contributed by atoms with van der Waals surface area (Å²) in [6.07, 6.45) is 4.10. The number of hydrogen-bond donors (Lipinski definition) is 3. The normalized spacial score (nSPS) is 20.9. The van der Waals surface area contributed by atoms with Gasteiger partial charge in [0.05, 0.1) is 23.2 Å². The quantitative estimate of drug-likeness (QED) is 0.717. The lowest BCUT2D eigenvalue weighted by molar-refractivity contribution is 0.456. The van der Waals surface area contributed by atoms with Crippen LogP contribution in [0.2, 0.25) is 0 Å². The molecule has 1 aliphatic heterocycles. The van der Waals surface area contributed by atoms with E-state index < -0.39 is 0 Å². The van der Waals surface area contributed by atoms with Crippen LogP contribution in [0.15, 0.2) is 12.4 Å². The van der Waals surface area contributed by atoms with Gasteiger partial charge in [0.15, 0.2) is 0 Å². The molecule has 1 aliphatic rings. The molecule has 1 atom stereocenters. The number of aromatic nitrogens is 3. The van der Waals surface area contributed by atoms with Crippen LogP contribution in [0.4, 0.5) is 0 Å². The SMILES string of the molecule is NCc1cc2[nH]cnc2c(C2CCCNC2)n1. The van der Waals surface area contributed by atoms with Crippen LogP contribution in [0, 0.1) is 0 Å². The summed E-state index contributed by atoms with van der Waals surface area (Å²) in [6, 6.07) is 1.99. The van der Waals surface area contributed by atoms with Crippen LogP contribution in [0.5, 0.6) is 0 Å². The van der Waals surface area contributed by atoms with Gasteiger partial charge in [0, 0.05) is 19.0 Å². The van der Waals surface area contributed by atoms with E-state index in [2.05, 4.69) is 20.3 Å². The number of pyridine rings is 1. The summed E-state index contributed by atoms with van der Waals surface area (Å²) in [5.41, 5.74) is 9.76. The van der Waals surface area contributed by atoms with E-state index in [1.807, 2.05) is 6.07 Å². The molecule has 0 amide bonds. The molecule has 0 radical (unpaired) electrons. The highest BCUT2D eigenvalue weighted by atomic mass is 14.9. The van der Waals surface area contributed by atoms with Gasteiger partial charge < -0.3 is 16.0 Å². The lowest BCUT2D eigenvalue weighted by atomic mass is 9.94. The molecule has 0 saturated carbocycles. The summed E-state index contributed by atoms with van der Waals surface area (Å²) in [4.78, 5) is 12.2. The van der Waals surface area contributed by atoms with E-state index in [1.165, 1.54) is 12.8 Å². The van der Waals surface area contributed by atoms with E-state index >= 15 is 0 Å². The third-order valence-corrected chi connectivity index (χ3v) is 3.38. The molecule has 0 bridgehead atoms. The minimum atomic E-state index is 0.459. The molecule has 0 aliphatic carbocycles. The Kier molecular flexibility index (Phi) is 2.78. The van der Waals surface area contributed by atoms with Crippen molar-refractivity contribution >= 4 is 11.0 Å². The van der Waals surface area contributed by atoms with Gasteiger partial charge in [-0.05, 0) is 25.5 Å². The Morgan fingerprint density at radius 1 is 1.47 bits per heavy atom. The summed E-state index contributed by atoms with van der Waals surface area (Å²) in [5.74, 6) is 0.459. The zero-order valence-corrected chi connectivity index (χ0v) is 9.74. The summed E-state index contributed by atoms with van der Waals surface area (Å²) < 4.78 is 0. The number of nitrogens with one attached hydrogen (secondary N) is 2. The molecule has 4 N–H and O–H groups in total. The zero-order valence-electron chi connectivity index (χ0n) is 9.74. The lowest BCUT2D eigenvalue weighted by Gasteiger charge is -2.22. The van der Waals surface area contributed by atoms with E-state index in [-0.39, 0.29) is 0 Å². The molecule has 17 heavy (non-hydrogen) atoms. The maximum absolute atomic E-state index is 5.70. The van der Waals surface area contributed by atoms with Crippen molar-refractivity contribution in [2.24, 2.45) is 5.73 Å². The Hall–Kier alpha value is -1.46. The van der Waals surface area contributed by atoms with Crippen LogP contribution >= 0.6 is 0 Å². The predicted octanol–water partition coefficient (Wildman–Crippen LogP) is 0.884. The topological polar surface area (TPSA) is 79.6 Å². The van der Waals surface area contributed by atoms with Crippen molar-refractivity contribution in [2.75, 3.05) is 13.1 Å². The maximum atomic E-state index is 5.70. The third kappa shape index (κ3) is 1.92. The van der Waals surface area contributed by atoms with Crippen molar-refractivity contribution in [1.82, 2.24) is 20.3 Å². The molecular weight excluding hydrogens is 214 g/mol. The molecule has 0 aromatic carbocycles. The van der Waals surface area contributed by atoms with Crippen molar-refractivity contribution < 1.29 is 0 Å². The summed E-state index contributed by atoms with van der Waals surface area (Å²) >= 11 is 0. The number of hydrogen-bond acceptors (Lipinski definition) is 4. The third-order valence-electron chi connectivity index (χ3n) is 3.38. The Morgan fingerprint density at radius 3 is 3.18 bits per heavy atom. The number of rotatable bonds is 2. The molecule has 2 aromatic rings. The van der Waals surface area contributed by atoms with Crippen LogP contribution in [-0.4, -0.2) is 28.0 Å². The summed E-state index contributed by atoms with van der Waals surface area (Å²) in [7, 11) is 0. The molecule has 1 fully saturated rings. The molecular formula is C12H17N5. The second-order valence-corrected chi connectivity index (χ2v) is 4.54. The monoisotopic (exact) mass is 231 g/mol. The van der Waals surface area contributed by atoms with Gasteiger partial charge in [-0.25, -0.2) is 4.98 Å². The minimum Gasteiger partial charge on any atom is -0.344 e. The van der Waals surface area contributed by atoms with Gasteiger partial charge in [0.2, 0.25) is 0 Å². The zero-order chi connectivity index (χ0) is 11.7. The molecule has 3 rings (SSSR count). The van der Waals surface area contributed by atoms with E-state index in [9.17, 15) is 0 Å². The predicted molar refractivity (Wildman–Crippen MR) is 66.6 cm³/mol.